The summed E-state index contributed by atoms with van der Waals surface area (Å²) in [5.74, 6) is 0. The van der Waals surface area contributed by atoms with Crippen LogP contribution >= 0.6 is 0 Å². The lowest BCUT2D eigenvalue weighted by molar-refractivity contribution is 0.298. The first-order valence-corrected chi connectivity index (χ1v) is 3.63. The number of aliphatic hydroxyl groups is 1. The van der Waals surface area contributed by atoms with E-state index < -0.39 is 0 Å². The van der Waals surface area contributed by atoms with Gasteiger partial charge in [-0.3, -0.25) is 0 Å². The van der Waals surface area contributed by atoms with Crippen molar-refractivity contribution < 1.29 is 5.11 Å². The van der Waals surface area contributed by atoms with E-state index in [1.165, 1.54) is 30.4 Å². The van der Waals surface area contributed by atoms with Crippen molar-refractivity contribution in [3.63, 3.8) is 0 Å². The van der Waals surface area contributed by atoms with Crippen LogP contribution in [0, 0.1) is 0 Å². The fourth-order valence-electron chi connectivity index (χ4n) is 1.43. The molecule has 0 spiro atoms. The summed E-state index contributed by atoms with van der Waals surface area (Å²) in [5.41, 5.74) is 3.02. The lowest BCUT2D eigenvalue weighted by atomic mass is 10.1. The summed E-state index contributed by atoms with van der Waals surface area (Å²) in [4.78, 5) is 0. The second kappa shape index (κ2) is 3.02. The Balaban J connectivity index is 2.45. The van der Waals surface area contributed by atoms with Gasteiger partial charge in [0.15, 0.2) is 0 Å². The minimum atomic E-state index is 0.326. The van der Waals surface area contributed by atoms with Crippen LogP contribution in [0.25, 0.3) is 0 Å². The molecular weight excluding hydrogens is 112 g/mol. The van der Waals surface area contributed by atoms with Crippen LogP contribution in [-0.4, -0.2) is 11.7 Å². The number of aliphatic hydroxyl groups excluding tert-OH is 1. The summed E-state index contributed by atoms with van der Waals surface area (Å²) >= 11 is 0. The number of rotatable bonds is 2. The Kier molecular flexibility index (Phi) is 2.29. The Morgan fingerprint density at radius 3 is 2.67 bits per heavy atom. The minimum Gasteiger partial charge on any atom is -0.396 e. The molecule has 0 aromatic carbocycles. The van der Waals surface area contributed by atoms with E-state index in [1.807, 2.05) is 0 Å². The SMILES string of the molecule is CC1=C(CCO)CCC1. The molecule has 1 heteroatoms. The second-order valence-electron chi connectivity index (χ2n) is 2.71. The molecule has 0 heterocycles. The predicted molar refractivity (Wildman–Crippen MR) is 38.3 cm³/mol. The van der Waals surface area contributed by atoms with Crippen LogP contribution in [0.2, 0.25) is 0 Å². The fourth-order valence-corrected chi connectivity index (χ4v) is 1.43. The lowest BCUT2D eigenvalue weighted by Crippen LogP contribution is -1.85. The summed E-state index contributed by atoms with van der Waals surface area (Å²) in [5, 5.41) is 8.61. The first-order chi connectivity index (χ1) is 4.34. The third-order valence-electron chi connectivity index (χ3n) is 2.05. The molecule has 1 N–H and O–H groups in total. The van der Waals surface area contributed by atoms with E-state index in [9.17, 15) is 0 Å². The van der Waals surface area contributed by atoms with Crippen LogP contribution in [0.4, 0.5) is 0 Å². The zero-order valence-electron chi connectivity index (χ0n) is 5.98. The molecule has 1 rings (SSSR count). The highest BCUT2D eigenvalue weighted by Crippen LogP contribution is 2.26. The Hall–Kier alpha value is -0.300. The standard InChI is InChI=1S/C8H14O/c1-7-3-2-4-8(7)5-6-9/h9H,2-6H2,1H3. The normalized spacial score (nSPS) is 19.3. The third-order valence-corrected chi connectivity index (χ3v) is 2.05. The maximum absolute atomic E-state index is 8.61. The van der Waals surface area contributed by atoms with Crippen molar-refractivity contribution in [2.75, 3.05) is 6.61 Å². The predicted octanol–water partition coefficient (Wildman–Crippen LogP) is 1.87. The van der Waals surface area contributed by atoms with E-state index in [0.717, 1.165) is 6.42 Å². The van der Waals surface area contributed by atoms with Crippen molar-refractivity contribution in [1.29, 1.82) is 0 Å². The van der Waals surface area contributed by atoms with Crippen LogP contribution in [-0.2, 0) is 0 Å². The molecule has 1 aliphatic carbocycles. The monoisotopic (exact) mass is 126 g/mol. The zero-order valence-corrected chi connectivity index (χ0v) is 5.98. The molecule has 1 aliphatic rings. The lowest BCUT2D eigenvalue weighted by Gasteiger charge is -1.97. The highest BCUT2D eigenvalue weighted by atomic mass is 16.2. The van der Waals surface area contributed by atoms with Gasteiger partial charge in [-0.05, 0) is 32.6 Å². The average Bonchev–Trinajstić information content (AvgIpc) is 2.18. The van der Waals surface area contributed by atoms with Gasteiger partial charge in [0.1, 0.15) is 0 Å². The fraction of sp³-hybridized carbons (Fsp3) is 0.750. The molecule has 0 unspecified atom stereocenters. The van der Waals surface area contributed by atoms with E-state index in [4.69, 9.17) is 5.11 Å². The minimum absolute atomic E-state index is 0.326. The second-order valence-corrected chi connectivity index (χ2v) is 2.71. The molecule has 0 saturated heterocycles. The van der Waals surface area contributed by atoms with Crippen LogP contribution < -0.4 is 0 Å². The summed E-state index contributed by atoms with van der Waals surface area (Å²) in [7, 11) is 0. The largest absolute Gasteiger partial charge is 0.396 e. The van der Waals surface area contributed by atoms with Crippen molar-refractivity contribution in [3.8, 4) is 0 Å². The molecule has 0 amide bonds. The molecule has 52 valence electrons. The molecule has 0 aromatic rings. The van der Waals surface area contributed by atoms with E-state index >= 15 is 0 Å². The summed E-state index contributed by atoms with van der Waals surface area (Å²) in [6.07, 6.45) is 4.70. The first-order valence-electron chi connectivity index (χ1n) is 3.63. The zero-order chi connectivity index (χ0) is 6.69. The van der Waals surface area contributed by atoms with Crippen molar-refractivity contribution in [1.82, 2.24) is 0 Å². The van der Waals surface area contributed by atoms with Gasteiger partial charge >= 0.3 is 0 Å². The van der Waals surface area contributed by atoms with E-state index in [2.05, 4.69) is 6.92 Å². The van der Waals surface area contributed by atoms with Gasteiger partial charge in [-0.2, -0.15) is 0 Å². The van der Waals surface area contributed by atoms with E-state index in [-0.39, 0.29) is 0 Å². The first kappa shape index (κ1) is 6.81. The van der Waals surface area contributed by atoms with Gasteiger partial charge in [-0.15, -0.1) is 0 Å². The molecule has 0 aromatic heterocycles. The Labute approximate surface area is 56.4 Å². The molecule has 0 radical (unpaired) electrons. The van der Waals surface area contributed by atoms with Gasteiger partial charge < -0.3 is 5.11 Å². The van der Waals surface area contributed by atoms with Crippen LogP contribution in [0.1, 0.15) is 32.6 Å². The number of hydrogen-bond donors (Lipinski definition) is 1. The molecule has 0 bridgehead atoms. The Bertz CT molecular complexity index is 125. The van der Waals surface area contributed by atoms with Crippen molar-refractivity contribution in [2.24, 2.45) is 0 Å². The number of hydrogen-bond acceptors (Lipinski definition) is 1. The smallest absolute Gasteiger partial charge is 0.0468 e. The van der Waals surface area contributed by atoms with Crippen LogP contribution in [0.5, 0.6) is 0 Å². The molecule has 1 nitrogen and oxygen atoms in total. The summed E-state index contributed by atoms with van der Waals surface area (Å²) in [6.45, 7) is 2.50. The summed E-state index contributed by atoms with van der Waals surface area (Å²) < 4.78 is 0. The molecule has 9 heavy (non-hydrogen) atoms. The van der Waals surface area contributed by atoms with Crippen LogP contribution in [0.3, 0.4) is 0 Å². The Morgan fingerprint density at radius 2 is 2.22 bits per heavy atom. The van der Waals surface area contributed by atoms with Gasteiger partial charge in [0, 0.05) is 6.61 Å². The maximum atomic E-state index is 8.61. The van der Waals surface area contributed by atoms with Gasteiger partial charge in [0.2, 0.25) is 0 Å². The molecule has 0 saturated carbocycles. The van der Waals surface area contributed by atoms with E-state index in [1.54, 1.807) is 0 Å². The molecule has 0 fully saturated rings. The molecular formula is C8H14O. The van der Waals surface area contributed by atoms with Crippen molar-refractivity contribution in [2.45, 2.75) is 32.6 Å². The number of allylic oxidation sites excluding steroid dienone is 1. The quantitative estimate of drug-likeness (QED) is 0.560. The molecule has 0 aliphatic heterocycles. The maximum Gasteiger partial charge on any atom is 0.0468 e. The van der Waals surface area contributed by atoms with Crippen molar-refractivity contribution in [3.05, 3.63) is 11.1 Å². The average molecular weight is 126 g/mol. The van der Waals surface area contributed by atoms with Gasteiger partial charge in [-0.25, -0.2) is 0 Å². The summed E-state index contributed by atoms with van der Waals surface area (Å²) in [6, 6.07) is 0. The van der Waals surface area contributed by atoms with Gasteiger partial charge in [0.05, 0.1) is 0 Å². The van der Waals surface area contributed by atoms with Crippen LogP contribution in [0.15, 0.2) is 11.1 Å². The van der Waals surface area contributed by atoms with E-state index in [0.29, 0.717) is 6.61 Å². The van der Waals surface area contributed by atoms with Crippen molar-refractivity contribution >= 4 is 0 Å². The van der Waals surface area contributed by atoms with Gasteiger partial charge in [0.25, 0.3) is 0 Å². The topological polar surface area (TPSA) is 20.2 Å². The highest BCUT2D eigenvalue weighted by molar-refractivity contribution is 5.16. The van der Waals surface area contributed by atoms with Gasteiger partial charge in [-0.1, -0.05) is 11.1 Å². The molecule has 0 atom stereocenters. The highest BCUT2D eigenvalue weighted by Gasteiger charge is 2.08. The third kappa shape index (κ3) is 1.55. The Morgan fingerprint density at radius 1 is 1.44 bits per heavy atom.